The quantitative estimate of drug-likeness (QED) is 0.696. The van der Waals surface area contributed by atoms with Gasteiger partial charge in [0.25, 0.3) is 0 Å². The summed E-state index contributed by atoms with van der Waals surface area (Å²) in [5, 5.41) is 0. The van der Waals surface area contributed by atoms with Crippen LogP contribution in [0.15, 0.2) is 24.3 Å². The van der Waals surface area contributed by atoms with Crippen molar-refractivity contribution in [1.82, 2.24) is 4.90 Å². The summed E-state index contributed by atoms with van der Waals surface area (Å²) in [5.41, 5.74) is 1.12. The normalized spacial score (nSPS) is 23.1. The lowest BCUT2D eigenvalue weighted by Gasteiger charge is -2.39. The van der Waals surface area contributed by atoms with Gasteiger partial charge in [0.1, 0.15) is 5.82 Å². The molecule has 0 spiro atoms. The number of rotatable bonds is 1. The van der Waals surface area contributed by atoms with Crippen LogP contribution in [-0.4, -0.2) is 37.6 Å². The zero-order chi connectivity index (χ0) is 10.8. The lowest BCUT2D eigenvalue weighted by molar-refractivity contribution is 0.234. The van der Waals surface area contributed by atoms with E-state index in [-0.39, 0.29) is 5.82 Å². The van der Waals surface area contributed by atoms with Crippen molar-refractivity contribution in [2.45, 2.75) is 13.0 Å². The molecule has 0 amide bonds. The van der Waals surface area contributed by atoms with Crippen LogP contribution < -0.4 is 4.90 Å². The Morgan fingerprint density at radius 1 is 1.20 bits per heavy atom. The van der Waals surface area contributed by atoms with Crippen LogP contribution in [0.25, 0.3) is 0 Å². The zero-order valence-corrected chi connectivity index (χ0v) is 9.28. The summed E-state index contributed by atoms with van der Waals surface area (Å²) in [6.45, 7) is 5.32. The molecule has 1 aliphatic rings. The first-order chi connectivity index (χ1) is 7.16. The number of likely N-dealkylation sites (N-methyl/N-ethyl adjacent to an activating group) is 1. The van der Waals surface area contributed by atoms with E-state index in [1.807, 2.05) is 12.1 Å². The number of hydrogen-bond acceptors (Lipinski definition) is 2. The van der Waals surface area contributed by atoms with Gasteiger partial charge in [-0.05, 0) is 38.2 Å². The maximum absolute atomic E-state index is 12.8. The molecule has 0 N–H and O–H groups in total. The number of benzene rings is 1. The Balaban J connectivity index is 2.08. The molecule has 1 atom stereocenters. The predicted octanol–water partition coefficient (Wildman–Crippen LogP) is 1.97. The third-order valence-corrected chi connectivity index (χ3v) is 3.15. The first kappa shape index (κ1) is 10.4. The Bertz CT molecular complexity index is 323. The zero-order valence-electron chi connectivity index (χ0n) is 9.28. The molecule has 1 aromatic rings. The average Bonchev–Trinajstić information content (AvgIpc) is 2.23. The number of hydrogen-bond donors (Lipinski definition) is 0. The van der Waals surface area contributed by atoms with E-state index in [0.717, 1.165) is 25.3 Å². The minimum absolute atomic E-state index is 0.166. The molecule has 0 aromatic heterocycles. The van der Waals surface area contributed by atoms with Crippen LogP contribution in [0.1, 0.15) is 6.92 Å². The fourth-order valence-corrected chi connectivity index (χ4v) is 1.93. The molecule has 0 saturated carbocycles. The highest BCUT2D eigenvalue weighted by Crippen LogP contribution is 2.18. The van der Waals surface area contributed by atoms with Gasteiger partial charge in [-0.1, -0.05) is 0 Å². The molecule has 2 nitrogen and oxygen atoms in total. The Morgan fingerprint density at radius 2 is 1.87 bits per heavy atom. The molecular weight excluding hydrogens is 191 g/mol. The predicted molar refractivity (Wildman–Crippen MR) is 60.7 cm³/mol. The molecule has 82 valence electrons. The van der Waals surface area contributed by atoms with Gasteiger partial charge in [0.05, 0.1) is 0 Å². The SMILES string of the molecule is CC1CN(c2ccc(F)cc2)CCN1C. The first-order valence-corrected chi connectivity index (χ1v) is 5.37. The van der Waals surface area contributed by atoms with Crippen molar-refractivity contribution < 1.29 is 4.39 Å². The van der Waals surface area contributed by atoms with Crippen molar-refractivity contribution in [1.29, 1.82) is 0 Å². The molecule has 0 radical (unpaired) electrons. The van der Waals surface area contributed by atoms with Crippen LogP contribution in [0.5, 0.6) is 0 Å². The van der Waals surface area contributed by atoms with Crippen molar-refractivity contribution in [3.63, 3.8) is 0 Å². The fourth-order valence-electron chi connectivity index (χ4n) is 1.93. The highest BCUT2D eigenvalue weighted by molar-refractivity contribution is 5.46. The van der Waals surface area contributed by atoms with Crippen molar-refractivity contribution in [3.8, 4) is 0 Å². The largest absolute Gasteiger partial charge is 0.369 e. The summed E-state index contributed by atoms with van der Waals surface area (Å²) in [6.07, 6.45) is 0. The van der Waals surface area contributed by atoms with E-state index in [1.54, 1.807) is 0 Å². The van der Waals surface area contributed by atoms with Gasteiger partial charge < -0.3 is 9.80 Å². The van der Waals surface area contributed by atoms with Gasteiger partial charge in [-0.15, -0.1) is 0 Å². The molecule has 0 bridgehead atoms. The molecule has 3 heteroatoms. The second kappa shape index (κ2) is 4.19. The Kier molecular flexibility index (Phi) is 2.91. The fraction of sp³-hybridized carbons (Fsp3) is 0.500. The Labute approximate surface area is 90.3 Å². The summed E-state index contributed by atoms with van der Waals surface area (Å²) in [6, 6.07) is 7.32. The highest BCUT2D eigenvalue weighted by atomic mass is 19.1. The van der Waals surface area contributed by atoms with Gasteiger partial charge in [0, 0.05) is 31.4 Å². The first-order valence-electron chi connectivity index (χ1n) is 5.37. The van der Waals surface area contributed by atoms with E-state index in [4.69, 9.17) is 0 Å². The summed E-state index contributed by atoms with van der Waals surface area (Å²) in [5.74, 6) is -0.166. The Hall–Kier alpha value is -1.09. The number of nitrogens with zero attached hydrogens (tertiary/aromatic N) is 2. The molecule has 1 fully saturated rings. The van der Waals surface area contributed by atoms with E-state index >= 15 is 0 Å². The summed E-state index contributed by atoms with van der Waals surface area (Å²) in [7, 11) is 2.15. The van der Waals surface area contributed by atoms with Crippen LogP contribution in [0.2, 0.25) is 0 Å². The van der Waals surface area contributed by atoms with Gasteiger partial charge in [-0.25, -0.2) is 4.39 Å². The molecule has 1 unspecified atom stereocenters. The van der Waals surface area contributed by atoms with Crippen LogP contribution in [-0.2, 0) is 0 Å². The second-order valence-corrected chi connectivity index (χ2v) is 4.25. The molecule has 1 aromatic carbocycles. The average molecular weight is 208 g/mol. The minimum atomic E-state index is -0.166. The summed E-state index contributed by atoms with van der Waals surface area (Å²) in [4.78, 5) is 4.66. The van der Waals surface area contributed by atoms with E-state index in [9.17, 15) is 4.39 Å². The standard InChI is InChI=1S/C12H17FN2/c1-10-9-15(8-7-14(10)2)12-5-3-11(13)4-6-12/h3-6,10H,7-9H2,1-2H3. The third kappa shape index (κ3) is 2.29. The van der Waals surface area contributed by atoms with Crippen molar-refractivity contribution in [3.05, 3.63) is 30.1 Å². The van der Waals surface area contributed by atoms with Crippen molar-refractivity contribution in [2.24, 2.45) is 0 Å². The van der Waals surface area contributed by atoms with Crippen molar-refractivity contribution in [2.75, 3.05) is 31.6 Å². The lowest BCUT2D eigenvalue weighted by Crippen LogP contribution is -2.50. The van der Waals surface area contributed by atoms with E-state index in [2.05, 4.69) is 23.8 Å². The van der Waals surface area contributed by atoms with E-state index < -0.39 is 0 Å². The number of halogens is 1. The molecular formula is C12H17FN2. The molecule has 1 saturated heterocycles. The third-order valence-electron chi connectivity index (χ3n) is 3.15. The summed E-state index contributed by atoms with van der Waals surface area (Å²) < 4.78 is 12.8. The molecule has 1 heterocycles. The molecule has 2 rings (SSSR count). The van der Waals surface area contributed by atoms with Gasteiger partial charge in [0.2, 0.25) is 0 Å². The number of anilines is 1. The van der Waals surface area contributed by atoms with Gasteiger partial charge >= 0.3 is 0 Å². The molecule has 15 heavy (non-hydrogen) atoms. The maximum Gasteiger partial charge on any atom is 0.123 e. The Morgan fingerprint density at radius 3 is 2.47 bits per heavy atom. The topological polar surface area (TPSA) is 6.48 Å². The minimum Gasteiger partial charge on any atom is -0.369 e. The van der Waals surface area contributed by atoms with Gasteiger partial charge in [-0.3, -0.25) is 0 Å². The smallest absolute Gasteiger partial charge is 0.123 e. The molecule has 1 aliphatic heterocycles. The van der Waals surface area contributed by atoms with Crippen LogP contribution in [0.4, 0.5) is 10.1 Å². The second-order valence-electron chi connectivity index (χ2n) is 4.25. The molecule has 0 aliphatic carbocycles. The highest BCUT2D eigenvalue weighted by Gasteiger charge is 2.20. The van der Waals surface area contributed by atoms with Gasteiger partial charge in [0.15, 0.2) is 0 Å². The summed E-state index contributed by atoms with van der Waals surface area (Å²) >= 11 is 0. The van der Waals surface area contributed by atoms with E-state index in [1.165, 1.54) is 12.1 Å². The van der Waals surface area contributed by atoms with Crippen molar-refractivity contribution >= 4 is 5.69 Å². The van der Waals surface area contributed by atoms with E-state index in [0.29, 0.717) is 6.04 Å². The van der Waals surface area contributed by atoms with Gasteiger partial charge in [-0.2, -0.15) is 0 Å². The monoisotopic (exact) mass is 208 g/mol. The maximum atomic E-state index is 12.8. The number of piperazine rings is 1. The van der Waals surface area contributed by atoms with Crippen LogP contribution in [0, 0.1) is 5.82 Å². The van der Waals surface area contributed by atoms with Crippen LogP contribution in [0.3, 0.4) is 0 Å². The van der Waals surface area contributed by atoms with Crippen LogP contribution >= 0.6 is 0 Å². The lowest BCUT2D eigenvalue weighted by atomic mass is 10.2.